The molecule has 2 heteroatoms. The van der Waals surface area contributed by atoms with Crippen LogP contribution in [-0.4, -0.2) is 16.2 Å². The Morgan fingerprint density at radius 3 is 2.89 bits per heavy atom. The molecule has 0 atom stereocenters. The first-order chi connectivity index (χ1) is 4.33. The summed E-state index contributed by atoms with van der Waals surface area (Å²) in [5.74, 6) is 0. The summed E-state index contributed by atoms with van der Waals surface area (Å²) in [5.41, 5.74) is 1.59. The molecule has 52 valence electrons. The molecule has 0 radical (unpaired) electrons. The average Bonchev–Trinajstić information content (AvgIpc) is 1.88. The zero-order chi connectivity index (χ0) is 6.69. The van der Waals surface area contributed by atoms with Gasteiger partial charge in [0.1, 0.15) is 0 Å². The average molecular weight is 237 g/mol. The summed E-state index contributed by atoms with van der Waals surface area (Å²) >= 11 is 2.39. The Kier molecular flexibility index (Phi) is 2.98. The van der Waals surface area contributed by atoms with Gasteiger partial charge in [-0.05, 0) is 19.8 Å². The molecule has 0 unspecified atom stereocenters. The predicted molar refractivity (Wildman–Crippen MR) is 48.6 cm³/mol. The number of allylic oxidation sites excluding steroid dienone is 1. The second-order valence-electron chi connectivity index (χ2n) is 2.39. The number of halogens is 1. The first-order valence-corrected chi connectivity index (χ1v) is 4.34. The maximum atomic E-state index is 2.39. The third kappa shape index (κ3) is 2.26. The standard InChI is InChI=1S/C7H12IN/c1-2-7-4-3-5-9(8)6-7/h2H,3-6H2,1H3/b7-2-. The third-order valence-corrected chi connectivity index (χ3v) is 2.51. The van der Waals surface area contributed by atoms with Gasteiger partial charge < -0.3 is 0 Å². The van der Waals surface area contributed by atoms with Gasteiger partial charge in [0.15, 0.2) is 0 Å². The number of piperidine rings is 1. The van der Waals surface area contributed by atoms with Crippen molar-refractivity contribution in [3.05, 3.63) is 11.6 Å². The molecule has 0 saturated carbocycles. The lowest BCUT2D eigenvalue weighted by atomic mass is 10.1. The highest BCUT2D eigenvalue weighted by Gasteiger charge is 2.09. The fourth-order valence-corrected chi connectivity index (χ4v) is 1.87. The van der Waals surface area contributed by atoms with Crippen LogP contribution in [0.5, 0.6) is 0 Å². The molecule has 1 heterocycles. The van der Waals surface area contributed by atoms with Gasteiger partial charge in [0.25, 0.3) is 0 Å². The fourth-order valence-electron chi connectivity index (χ4n) is 1.09. The van der Waals surface area contributed by atoms with Crippen LogP contribution in [0.4, 0.5) is 0 Å². The molecule has 1 fully saturated rings. The van der Waals surface area contributed by atoms with E-state index >= 15 is 0 Å². The molecule has 0 N–H and O–H groups in total. The molecule has 0 spiro atoms. The van der Waals surface area contributed by atoms with Crippen molar-refractivity contribution in [2.75, 3.05) is 13.1 Å². The highest BCUT2D eigenvalue weighted by atomic mass is 127. The van der Waals surface area contributed by atoms with E-state index in [1.54, 1.807) is 5.57 Å². The molecule has 0 aromatic carbocycles. The molecule has 9 heavy (non-hydrogen) atoms. The largest absolute Gasteiger partial charge is 0.243 e. The summed E-state index contributed by atoms with van der Waals surface area (Å²) in [7, 11) is 0. The van der Waals surface area contributed by atoms with Gasteiger partial charge in [-0.3, -0.25) is 0 Å². The topological polar surface area (TPSA) is 3.24 Å². The Hall–Kier alpha value is 0.430. The Morgan fingerprint density at radius 1 is 1.67 bits per heavy atom. The Bertz CT molecular complexity index is 120. The minimum atomic E-state index is 1.18. The highest BCUT2D eigenvalue weighted by molar-refractivity contribution is 14.1. The molecule has 0 amide bonds. The number of hydrogen-bond acceptors (Lipinski definition) is 1. The van der Waals surface area contributed by atoms with Gasteiger partial charge in [-0.1, -0.05) is 11.6 Å². The van der Waals surface area contributed by atoms with Crippen molar-refractivity contribution in [1.29, 1.82) is 0 Å². The maximum Gasteiger partial charge on any atom is 0.0291 e. The van der Waals surface area contributed by atoms with E-state index in [1.807, 2.05) is 0 Å². The van der Waals surface area contributed by atoms with Gasteiger partial charge in [0.05, 0.1) is 0 Å². The smallest absolute Gasteiger partial charge is 0.0291 e. The van der Waals surface area contributed by atoms with Crippen LogP contribution in [0.1, 0.15) is 19.8 Å². The van der Waals surface area contributed by atoms with E-state index in [9.17, 15) is 0 Å². The number of rotatable bonds is 0. The second kappa shape index (κ2) is 3.56. The van der Waals surface area contributed by atoms with Gasteiger partial charge in [0.2, 0.25) is 0 Å². The van der Waals surface area contributed by atoms with Gasteiger partial charge >= 0.3 is 0 Å². The lowest BCUT2D eigenvalue weighted by Crippen LogP contribution is -2.21. The van der Waals surface area contributed by atoms with Gasteiger partial charge in [-0.15, -0.1) is 0 Å². The van der Waals surface area contributed by atoms with E-state index in [4.69, 9.17) is 0 Å². The zero-order valence-electron chi connectivity index (χ0n) is 5.73. The molecule has 1 aliphatic rings. The fraction of sp³-hybridized carbons (Fsp3) is 0.714. The Labute approximate surface area is 70.6 Å². The molecule has 0 aromatic rings. The van der Waals surface area contributed by atoms with Gasteiger partial charge in [-0.2, -0.15) is 0 Å². The third-order valence-electron chi connectivity index (χ3n) is 1.68. The van der Waals surface area contributed by atoms with Crippen molar-refractivity contribution in [2.45, 2.75) is 19.8 Å². The summed E-state index contributed by atoms with van der Waals surface area (Å²) < 4.78 is 2.34. The van der Waals surface area contributed by atoms with Crippen molar-refractivity contribution < 1.29 is 0 Å². The van der Waals surface area contributed by atoms with Crippen molar-refractivity contribution in [2.24, 2.45) is 0 Å². The normalized spacial score (nSPS) is 27.1. The molecule has 1 nitrogen and oxygen atoms in total. The molecule has 0 aromatic heterocycles. The summed E-state index contributed by atoms with van der Waals surface area (Å²) in [6.07, 6.45) is 4.89. The van der Waals surface area contributed by atoms with Crippen LogP contribution in [0.15, 0.2) is 11.6 Å². The van der Waals surface area contributed by atoms with Crippen molar-refractivity contribution in [1.82, 2.24) is 3.11 Å². The van der Waals surface area contributed by atoms with Gasteiger partial charge in [0, 0.05) is 36.0 Å². The van der Waals surface area contributed by atoms with E-state index in [1.165, 1.54) is 25.9 Å². The van der Waals surface area contributed by atoms with Crippen LogP contribution in [0.25, 0.3) is 0 Å². The van der Waals surface area contributed by atoms with Crippen LogP contribution in [0.3, 0.4) is 0 Å². The monoisotopic (exact) mass is 237 g/mol. The second-order valence-corrected chi connectivity index (χ2v) is 3.76. The first kappa shape index (κ1) is 7.54. The first-order valence-electron chi connectivity index (χ1n) is 3.37. The number of hydrogen-bond donors (Lipinski definition) is 0. The van der Waals surface area contributed by atoms with E-state index in [2.05, 4.69) is 39.0 Å². The van der Waals surface area contributed by atoms with Crippen LogP contribution < -0.4 is 0 Å². The van der Waals surface area contributed by atoms with Crippen LogP contribution in [0, 0.1) is 0 Å². The summed E-state index contributed by atoms with van der Waals surface area (Å²) in [6, 6.07) is 0. The van der Waals surface area contributed by atoms with E-state index < -0.39 is 0 Å². The molecule has 1 saturated heterocycles. The molecular weight excluding hydrogens is 225 g/mol. The Morgan fingerprint density at radius 2 is 2.44 bits per heavy atom. The molecule has 1 rings (SSSR count). The van der Waals surface area contributed by atoms with Crippen molar-refractivity contribution >= 4 is 22.9 Å². The highest BCUT2D eigenvalue weighted by Crippen LogP contribution is 2.17. The molecule has 0 aliphatic carbocycles. The lowest BCUT2D eigenvalue weighted by Gasteiger charge is -2.21. The van der Waals surface area contributed by atoms with E-state index in [0.717, 1.165) is 0 Å². The maximum absolute atomic E-state index is 2.39. The SMILES string of the molecule is C/C=C1/CCCN(I)C1. The van der Waals surface area contributed by atoms with Crippen molar-refractivity contribution in [3.8, 4) is 0 Å². The summed E-state index contributed by atoms with van der Waals surface area (Å²) in [5, 5.41) is 0. The summed E-state index contributed by atoms with van der Waals surface area (Å²) in [6.45, 7) is 4.57. The van der Waals surface area contributed by atoms with Crippen LogP contribution >= 0.6 is 22.9 Å². The quantitative estimate of drug-likeness (QED) is 0.355. The van der Waals surface area contributed by atoms with E-state index in [-0.39, 0.29) is 0 Å². The Balaban J connectivity index is 2.41. The van der Waals surface area contributed by atoms with Crippen LogP contribution in [-0.2, 0) is 0 Å². The van der Waals surface area contributed by atoms with Crippen molar-refractivity contribution in [3.63, 3.8) is 0 Å². The molecule has 0 bridgehead atoms. The molecular formula is C7H12IN. The number of nitrogens with zero attached hydrogens (tertiary/aromatic N) is 1. The van der Waals surface area contributed by atoms with Gasteiger partial charge in [-0.25, -0.2) is 3.11 Å². The predicted octanol–water partition coefficient (Wildman–Crippen LogP) is 2.38. The lowest BCUT2D eigenvalue weighted by molar-refractivity contribution is 0.474. The minimum Gasteiger partial charge on any atom is -0.243 e. The van der Waals surface area contributed by atoms with E-state index in [0.29, 0.717) is 0 Å². The van der Waals surface area contributed by atoms with Crippen LogP contribution in [0.2, 0.25) is 0 Å². The summed E-state index contributed by atoms with van der Waals surface area (Å²) in [4.78, 5) is 0. The minimum absolute atomic E-state index is 1.18. The zero-order valence-corrected chi connectivity index (χ0v) is 7.89. The molecule has 1 aliphatic heterocycles.